The number of hydrogen-bond donors (Lipinski definition) is 1. The summed E-state index contributed by atoms with van der Waals surface area (Å²) in [5.41, 5.74) is 0.672. The lowest BCUT2D eigenvalue weighted by molar-refractivity contribution is 0.102. The van der Waals surface area contributed by atoms with Crippen molar-refractivity contribution in [1.29, 1.82) is 0 Å². The van der Waals surface area contributed by atoms with Crippen molar-refractivity contribution in [2.45, 2.75) is 19.8 Å². The fourth-order valence-electron chi connectivity index (χ4n) is 1.41. The zero-order chi connectivity index (χ0) is 12.1. The van der Waals surface area contributed by atoms with Crippen LogP contribution in [0.5, 0.6) is 0 Å². The Morgan fingerprint density at radius 1 is 1.41 bits per heavy atom. The molecule has 0 spiro atoms. The summed E-state index contributed by atoms with van der Waals surface area (Å²) >= 11 is 1.61. The summed E-state index contributed by atoms with van der Waals surface area (Å²) in [6.45, 7) is 2.12. The van der Waals surface area contributed by atoms with Gasteiger partial charge in [-0.25, -0.2) is 9.97 Å². The van der Waals surface area contributed by atoms with Gasteiger partial charge in [-0.15, -0.1) is 11.3 Å². The van der Waals surface area contributed by atoms with Crippen LogP contribution >= 0.6 is 11.3 Å². The minimum absolute atomic E-state index is 0.158. The molecule has 0 aliphatic rings. The minimum Gasteiger partial charge on any atom is -0.290 e. The number of hydrogen-bond acceptors (Lipinski definition) is 4. The first-order valence-corrected chi connectivity index (χ1v) is 6.33. The Labute approximate surface area is 104 Å². The number of anilines is 1. The van der Waals surface area contributed by atoms with Crippen LogP contribution in [0.2, 0.25) is 0 Å². The molecule has 17 heavy (non-hydrogen) atoms. The van der Waals surface area contributed by atoms with Gasteiger partial charge >= 0.3 is 0 Å². The number of amides is 1. The molecule has 0 fully saturated rings. The molecule has 1 amide bonds. The first-order valence-electron chi connectivity index (χ1n) is 5.45. The van der Waals surface area contributed by atoms with Gasteiger partial charge in [0.2, 0.25) is 5.95 Å². The van der Waals surface area contributed by atoms with Crippen LogP contribution in [0.1, 0.15) is 28.6 Å². The van der Waals surface area contributed by atoms with E-state index in [1.807, 2.05) is 11.4 Å². The molecule has 0 unspecified atom stereocenters. The molecule has 0 saturated heterocycles. The Kier molecular flexibility index (Phi) is 3.82. The molecule has 5 heteroatoms. The summed E-state index contributed by atoms with van der Waals surface area (Å²) in [6, 6.07) is 3.63. The third-order valence-electron chi connectivity index (χ3n) is 2.20. The number of nitrogens with zero attached hydrogens (tertiary/aromatic N) is 2. The van der Waals surface area contributed by atoms with Crippen molar-refractivity contribution in [3.63, 3.8) is 0 Å². The number of aryl methyl sites for hydroxylation is 1. The van der Waals surface area contributed by atoms with Crippen molar-refractivity contribution < 1.29 is 4.79 Å². The predicted molar refractivity (Wildman–Crippen MR) is 68.3 cm³/mol. The van der Waals surface area contributed by atoms with Gasteiger partial charge in [0, 0.05) is 22.7 Å². The minimum atomic E-state index is -0.158. The van der Waals surface area contributed by atoms with Gasteiger partial charge in [-0.3, -0.25) is 10.1 Å². The topological polar surface area (TPSA) is 54.9 Å². The highest BCUT2D eigenvalue weighted by Gasteiger charge is 2.09. The van der Waals surface area contributed by atoms with Crippen molar-refractivity contribution in [2.75, 3.05) is 5.32 Å². The maximum Gasteiger partial charge on any atom is 0.258 e. The second-order valence-corrected chi connectivity index (χ2v) is 4.57. The van der Waals surface area contributed by atoms with E-state index in [1.54, 1.807) is 29.8 Å². The molecule has 88 valence electrons. The van der Waals surface area contributed by atoms with Gasteiger partial charge in [0.15, 0.2) is 0 Å². The highest BCUT2D eigenvalue weighted by molar-refractivity contribution is 7.10. The molecule has 0 radical (unpaired) electrons. The number of aromatic nitrogens is 2. The van der Waals surface area contributed by atoms with Gasteiger partial charge in [0.05, 0.1) is 5.56 Å². The molecule has 2 heterocycles. The normalized spacial score (nSPS) is 10.2. The van der Waals surface area contributed by atoms with Gasteiger partial charge in [0.25, 0.3) is 5.91 Å². The van der Waals surface area contributed by atoms with Gasteiger partial charge in [-0.1, -0.05) is 13.3 Å². The second-order valence-electron chi connectivity index (χ2n) is 3.58. The quantitative estimate of drug-likeness (QED) is 0.903. The SMILES string of the molecule is CCCc1cc(C(=O)Nc2ncccn2)cs1. The van der Waals surface area contributed by atoms with E-state index >= 15 is 0 Å². The molecule has 0 aromatic carbocycles. The van der Waals surface area contributed by atoms with E-state index < -0.39 is 0 Å². The zero-order valence-electron chi connectivity index (χ0n) is 9.51. The molecule has 0 bridgehead atoms. The van der Waals surface area contributed by atoms with Gasteiger partial charge < -0.3 is 0 Å². The van der Waals surface area contributed by atoms with Gasteiger partial charge in [-0.05, 0) is 18.6 Å². The van der Waals surface area contributed by atoms with E-state index in [0.717, 1.165) is 12.8 Å². The van der Waals surface area contributed by atoms with Crippen LogP contribution in [0.4, 0.5) is 5.95 Å². The maximum absolute atomic E-state index is 11.8. The molecule has 2 aromatic heterocycles. The first-order chi connectivity index (χ1) is 8.29. The third-order valence-corrected chi connectivity index (χ3v) is 3.20. The Hall–Kier alpha value is -1.75. The van der Waals surface area contributed by atoms with E-state index in [4.69, 9.17) is 0 Å². The largest absolute Gasteiger partial charge is 0.290 e. The lowest BCUT2D eigenvalue weighted by Crippen LogP contribution is -2.12. The Bertz CT molecular complexity index is 495. The Morgan fingerprint density at radius 2 is 2.18 bits per heavy atom. The number of carbonyl (C=O) groups excluding carboxylic acids is 1. The maximum atomic E-state index is 11.8. The van der Waals surface area contributed by atoms with Gasteiger partial charge in [0.1, 0.15) is 0 Å². The van der Waals surface area contributed by atoms with Crippen LogP contribution in [0.3, 0.4) is 0 Å². The lowest BCUT2D eigenvalue weighted by Gasteiger charge is -2.00. The fraction of sp³-hybridized carbons (Fsp3) is 0.250. The molecule has 0 saturated carbocycles. The average Bonchev–Trinajstić information content (AvgIpc) is 2.79. The number of nitrogens with one attached hydrogen (secondary N) is 1. The molecular weight excluding hydrogens is 234 g/mol. The zero-order valence-corrected chi connectivity index (χ0v) is 10.3. The summed E-state index contributed by atoms with van der Waals surface area (Å²) < 4.78 is 0. The van der Waals surface area contributed by atoms with E-state index in [9.17, 15) is 4.79 Å². The first kappa shape index (κ1) is 11.7. The molecule has 0 aliphatic carbocycles. The van der Waals surface area contributed by atoms with Crippen LogP contribution in [0, 0.1) is 0 Å². The predicted octanol–water partition coefficient (Wildman–Crippen LogP) is 2.74. The fourth-order valence-corrected chi connectivity index (χ4v) is 2.38. The van der Waals surface area contributed by atoms with Crippen LogP contribution in [-0.2, 0) is 6.42 Å². The lowest BCUT2D eigenvalue weighted by atomic mass is 10.2. The highest BCUT2D eigenvalue weighted by atomic mass is 32.1. The molecule has 0 atom stereocenters. The number of carbonyl (C=O) groups is 1. The van der Waals surface area contributed by atoms with E-state index in [-0.39, 0.29) is 5.91 Å². The van der Waals surface area contributed by atoms with Crippen LogP contribution in [-0.4, -0.2) is 15.9 Å². The molecule has 2 rings (SSSR count). The summed E-state index contributed by atoms with van der Waals surface area (Å²) in [5, 5.41) is 4.52. The van der Waals surface area contributed by atoms with Crippen LogP contribution in [0.25, 0.3) is 0 Å². The second kappa shape index (κ2) is 5.54. The molecule has 2 aromatic rings. The molecular formula is C12H13N3OS. The summed E-state index contributed by atoms with van der Waals surface area (Å²) in [6.07, 6.45) is 5.29. The van der Waals surface area contributed by atoms with E-state index in [2.05, 4.69) is 22.2 Å². The van der Waals surface area contributed by atoms with Crippen molar-refractivity contribution in [3.8, 4) is 0 Å². The van der Waals surface area contributed by atoms with Gasteiger partial charge in [-0.2, -0.15) is 0 Å². The molecule has 0 aliphatic heterocycles. The summed E-state index contributed by atoms with van der Waals surface area (Å²) in [4.78, 5) is 21.0. The summed E-state index contributed by atoms with van der Waals surface area (Å²) in [7, 11) is 0. The Morgan fingerprint density at radius 3 is 2.88 bits per heavy atom. The number of rotatable bonds is 4. The third kappa shape index (κ3) is 3.10. The highest BCUT2D eigenvalue weighted by Crippen LogP contribution is 2.17. The number of thiophene rings is 1. The van der Waals surface area contributed by atoms with Crippen molar-refractivity contribution in [3.05, 3.63) is 40.3 Å². The van der Waals surface area contributed by atoms with Crippen molar-refractivity contribution >= 4 is 23.2 Å². The van der Waals surface area contributed by atoms with Crippen molar-refractivity contribution in [2.24, 2.45) is 0 Å². The van der Waals surface area contributed by atoms with E-state index in [0.29, 0.717) is 11.5 Å². The van der Waals surface area contributed by atoms with E-state index in [1.165, 1.54) is 4.88 Å². The molecule has 1 N–H and O–H groups in total. The van der Waals surface area contributed by atoms with Crippen LogP contribution < -0.4 is 5.32 Å². The molecule has 4 nitrogen and oxygen atoms in total. The smallest absolute Gasteiger partial charge is 0.258 e. The van der Waals surface area contributed by atoms with Crippen LogP contribution in [0.15, 0.2) is 29.9 Å². The average molecular weight is 247 g/mol. The Balaban J connectivity index is 2.04. The van der Waals surface area contributed by atoms with Crippen molar-refractivity contribution in [1.82, 2.24) is 9.97 Å². The standard InChI is InChI=1S/C12H13N3OS/c1-2-4-10-7-9(8-17-10)11(16)15-12-13-5-3-6-14-12/h3,5-8H,2,4H2,1H3,(H,13,14,15,16). The summed E-state index contributed by atoms with van der Waals surface area (Å²) in [5.74, 6) is 0.176. The monoisotopic (exact) mass is 247 g/mol.